The van der Waals surface area contributed by atoms with Crippen LogP contribution in [0.1, 0.15) is 20.2 Å². The van der Waals surface area contributed by atoms with Crippen LogP contribution in [0, 0.1) is 13.0 Å². The molecule has 0 atom stereocenters. The number of ketones is 1. The molecule has 0 N–H and O–H groups in total. The van der Waals surface area contributed by atoms with E-state index in [1.54, 1.807) is 30.5 Å². The topological polar surface area (TPSA) is 30.0 Å². The zero-order chi connectivity index (χ0) is 9.97. The molecule has 1 heterocycles. The molecule has 3 heteroatoms. The Morgan fingerprint density at radius 2 is 2.43 bits per heavy atom. The van der Waals surface area contributed by atoms with Gasteiger partial charge in [0.05, 0.1) is 0 Å². The number of thiazole rings is 1. The van der Waals surface area contributed by atoms with Crippen LogP contribution in [0.3, 0.4) is 0 Å². The first kappa shape index (κ1) is 9.09. The standard InChI is InChI=1S/C11H8NOS/c1-8-7-12-11(14-8)10(13)9-5-3-2-4-6-9/h2-3,5-7H,1H3. The molecule has 2 nitrogen and oxygen atoms in total. The maximum absolute atomic E-state index is 11.8. The van der Waals surface area contributed by atoms with Gasteiger partial charge in [0.15, 0.2) is 5.01 Å². The first-order chi connectivity index (χ1) is 6.77. The van der Waals surface area contributed by atoms with Crippen LogP contribution >= 0.6 is 11.3 Å². The lowest BCUT2D eigenvalue weighted by Crippen LogP contribution is -1.99. The van der Waals surface area contributed by atoms with Crippen LogP contribution in [0.4, 0.5) is 0 Å². The van der Waals surface area contributed by atoms with E-state index < -0.39 is 0 Å². The smallest absolute Gasteiger partial charge is 0.221 e. The Kier molecular flexibility index (Phi) is 2.41. The summed E-state index contributed by atoms with van der Waals surface area (Å²) in [6.07, 6.45) is 1.71. The molecule has 0 aliphatic carbocycles. The molecular weight excluding hydrogens is 194 g/mol. The Hall–Kier alpha value is -1.48. The number of hydrogen-bond donors (Lipinski definition) is 0. The maximum atomic E-state index is 11.8. The molecule has 0 unspecified atom stereocenters. The Labute approximate surface area is 86.2 Å². The average Bonchev–Trinajstić information content (AvgIpc) is 2.65. The number of carbonyl (C=O) groups is 1. The summed E-state index contributed by atoms with van der Waals surface area (Å²) in [5, 5.41) is 0.544. The first-order valence-electron chi connectivity index (χ1n) is 4.20. The molecule has 14 heavy (non-hydrogen) atoms. The van der Waals surface area contributed by atoms with Crippen molar-refractivity contribution in [3.63, 3.8) is 0 Å². The van der Waals surface area contributed by atoms with E-state index in [-0.39, 0.29) is 5.78 Å². The predicted octanol–water partition coefficient (Wildman–Crippen LogP) is 2.48. The SMILES string of the molecule is Cc1cnc(C(=O)c2c[c]ccc2)s1. The first-order valence-corrected chi connectivity index (χ1v) is 5.02. The van der Waals surface area contributed by atoms with Crippen LogP contribution in [0.25, 0.3) is 0 Å². The summed E-state index contributed by atoms with van der Waals surface area (Å²) in [6.45, 7) is 1.94. The number of carbonyl (C=O) groups excluding carboxylic acids is 1. The lowest BCUT2D eigenvalue weighted by molar-refractivity contribution is 0.103. The molecule has 0 spiro atoms. The third-order valence-corrected chi connectivity index (χ3v) is 2.70. The summed E-state index contributed by atoms with van der Waals surface area (Å²) in [4.78, 5) is 16.9. The lowest BCUT2D eigenvalue weighted by atomic mass is 10.1. The van der Waals surface area contributed by atoms with Gasteiger partial charge in [-0.2, -0.15) is 0 Å². The second-order valence-corrected chi connectivity index (χ2v) is 4.13. The molecule has 2 aromatic rings. The number of aryl methyl sites for hydroxylation is 1. The van der Waals surface area contributed by atoms with Crippen molar-refractivity contribution >= 4 is 17.1 Å². The van der Waals surface area contributed by atoms with Gasteiger partial charge in [0.2, 0.25) is 5.78 Å². The van der Waals surface area contributed by atoms with Crippen molar-refractivity contribution in [2.75, 3.05) is 0 Å². The van der Waals surface area contributed by atoms with Gasteiger partial charge in [-0.3, -0.25) is 4.79 Å². The molecule has 0 amide bonds. The molecule has 1 aromatic heterocycles. The Balaban J connectivity index is 2.34. The summed E-state index contributed by atoms with van der Waals surface area (Å²) < 4.78 is 0. The zero-order valence-corrected chi connectivity index (χ0v) is 8.47. The highest BCUT2D eigenvalue weighted by atomic mass is 32.1. The minimum absolute atomic E-state index is 0.0278. The van der Waals surface area contributed by atoms with Gasteiger partial charge in [-0.1, -0.05) is 18.2 Å². The molecule has 0 bridgehead atoms. The Morgan fingerprint density at radius 3 is 3.00 bits per heavy atom. The van der Waals surface area contributed by atoms with E-state index in [9.17, 15) is 4.79 Å². The second kappa shape index (κ2) is 3.72. The van der Waals surface area contributed by atoms with E-state index in [2.05, 4.69) is 11.1 Å². The fraction of sp³-hybridized carbons (Fsp3) is 0.0909. The van der Waals surface area contributed by atoms with Crippen molar-refractivity contribution in [2.24, 2.45) is 0 Å². The highest BCUT2D eigenvalue weighted by Gasteiger charge is 2.11. The second-order valence-electron chi connectivity index (χ2n) is 2.90. The van der Waals surface area contributed by atoms with Gasteiger partial charge in [0.25, 0.3) is 0 Å². The fourth-order valence-electron chi connectivity index (χ4n) is 1.12. The van der Waals surface area contributed by atoms with Crippen LogP contribution in [-0.4, -0.2) is 10.8 Å². The molecule has 0 aliphatic rings. The number of benzene rings is 1. The van der Waals surface area contributed by atoms with Gasteiger partial charge < -0.3 is 0 Å². The van der Waals surface area contributed by atoms with Crippen molar-refractivity contribution in [1.82, 2.24) is 4.98 Å². The van der Waals surface area contributed by atoms with E-state index >= 15 is 0 Å². The molecule has 2 rings (SSSR count). The molecule has 0 fully saturated rings. The van der Waals surface area contributed by atoms with Crippen LogP contribution in [-0.2, 0) is 0 Å². The largest absolute Gasteiger partial charge is 0.286 e. The number of hydrogen-bond acceptors (Lipinski definition) is 3. The van der Waals surface area contributed by atoms with Gasteiger partial charge in [0.1, 0.15) is 0 Å². The summed E-state index contributed by atoms with van der Waals surface area (Å²) in [5.41, 5.74) is 0.641. The average molecular weight is 202 g/mol. The van der Waals surface area contributed by atoms with Gasteiger partial charge in [-0.05, 0) is 19.1 Å². The minimum atomic E-state index is -0.0278. The fourth-order valence-corrected chi connectivity index (χ4v) is 1.84. The third kappa shape index (κ3) is 1.72. The number of aromatic nitrogens is 1. The summed E-state index contributed by atoms with van der Waals surface area (Å²) in [7, 11) is 0. The summed E-state index contributed by atoms with van der Waals surface area (Å²) in [5.74, 6) is -0.0278. The molecular formula is C11H8NOS. The van der Waals surface area contributed by atoms with Gasteiger partial charge >= 0.3 is 0 Å². The molecule has 69 valence electrons. The lowest BCUT2D eigenvalue weighted by Gasteiger charge is -1.94. The minimum Gasteiger partial charge on any atom is -0.286 e. The van der Waals surface area contributed by atoms with E-state index in [4.69, 9.17) is 0 Å². The Morgan fingerprint density at radius 1 is 1.57 bits per heavy atom. The van der Waals surface area contributed by atoms with Crippen LogP contribution in [0.5, 0.6) is 0 Å². The van der Waals surface area contributed by atoms with Crippen molar-refractivity contribution in [2.45, 2.75) is 6.92 Å². The van der Waals surface area contributed by atoms with Crippen molar-refractivity contribution < 1.29 is 4.79 Å². The maximum Gasteiger partial charge on any atom is 0.221 e. The van der Waals surface area contributed by atoms with Crippen molar-refractivity contribution in [1.29, 1.82) is 0 Å². The third-order valence-electron chi connectivity index (χ3n) is 1.78. The van der Waals surface area contributed by atoms with Gasteiger partial charge in [0, 0.05) is 16.6 Å². The normalized spacial score (nSPS) is 10.1. The predicted molar refractivity (Wildman–Crippen MR) is 55.6 cm³/mol. The molecule has 0 saturated heterocycles. The van der Waals surface area contributed by atoms with Gasteiger partial charge in [-0.15, -0.1) is 11.3 Å². The summed E-state index contributed by atoms with van der Waals surface area (Å²) in [6, 6.07) is 9.89. The Bertz CT molecular complexity index is 447. The summed E-state index contributed by atoms with van der Waals surface area (Å²) >= 11 is 1.42. The van der Waals surface area contributed by atoms with Crippen molar-refractivity contribution in [3.05, 3.63) is 52.0 Å². The van der Waals surface area contributed by atoms with Gasteiger partial charge in [-0.25, -0.2) is 4.98 Å². The molecule has 1 aromatic carbocycles. The highest BCUT2D eigenvalue weighted by Crippen LogP contribution is 2.15. The zero-order valence-electron chi connectivity index (χ0n) is 7.65. The van der Waals surface area contributed by atoms with E-state index in [1.807, 2.05) is 6.92 Å². The number of rotatable bonds is 2. The quantitative estimate of drug-likeness (QED) is 0.700. The highest BCUT2D eigenvalue weighted by molar-refractivity contribution is 7.13. The molecule has 1 radical (unpaired) electrons. The van der Waals surface area contributed by atoms with Crippen LogP contribution < -0.4 is 0 Å². The molecule has 0 saturated carbocycles. The van der Waals surface area contributed by atoms with Crippen LogP contribution in [0.15, 0.2) is 30.5 Å². The van der Waals surface area contributed by atoms with E-state index in [0.29, 0.717) is 10.6 Å². The van der Waals surface area contributed by atoms with Crippen LogP contribution in [0.2, 0.25) is 0 Å². The monoisotopic (exact) mass is 202 g/mol. The van der Waals surface area contributed by atoms with E-state index in [0.717, 1.165) is 4.88 Å². The van der Waals surface area contributed by atoms with E-state index in [1.165, 1.54) is 11.3 Å². The molecule has 0 aliphatic heterocycles. The number of nitrogens with zero attached hydrogens (tertiary/aromatic N) is 1. The van der Waals surface area contributed by atoms with Crippen molar-refractivity contribution in [3.8, 4) is 0 Å².